The summed E-state index contributed by atoms with van der Waals surface area (Å²) < 4.78 is 12.6. The largest absolute Gasteiger partial charge is 0.462 e. The van der Waals surface area contributed by atoms with E-state index in [-0.39, 0.29) is 0 Å². The van der Waals surface area contributed by atoms with Gasteiger partial charge in [0.2, 0.25) is 0 Å². The van der Waals surface area contributed by atoms with Crippen LogP contribution < -0.4 is 0 Å². The molecule has 0 aliphatic carbocycles. The van der Waals surface area contributed by atoms with E-state index in [1.807, 2.05) is 0 Å². The Hall–Kier alpha value is -1.48. The van der Waals surface area contributed by atoms with Crippen LogP contribution in [0.5, 0.6) is 0 Å². The van der Waals surface area contributed by atoms with Crippen LogP contribution in [0.15, 0.2) is 12.4 Å². The molecule has 2 heterocycles. The molecule has 0 N–H and O–H groups in total. The van der Waals surface area contributed by atoms with Gasteiger partial charge in [-0.15, -0.1) is 0 Å². The molecule has 8 nitrogen and oxygen atoms in total. The lowest BCUT2D eigenvalue weighted by molar-refractivity contribution is 0.0515. The van der Waals surface area contributed by atoms with Crippen molar-refractivity contribution in [3.05, 3.63) is 34.9 Å². The summed E-state index contributed by atoms with van der Waals surface area (Å²) in [5, 5.41) is 7.85. The molecular weight excluding hydrogens is 454 g/mol. The molecule has 2 aromatic heterocycles. The van der Waals surface area contributed by atoms with Crippen molar-refractivity contribution in [2.24, 2.45) is 14.1 Å². The first-order chi connectivity index (χ1) is 13.1. The highest BCUT2D eigenvalue weighted by atomic mass is 35.5. The highest BCUT2D eigenvalue weighted by molar-refractivity contribution is 6.44. The number of hydrogen-bond acceptors (Lipinski definition) is 6. The number of aryl methyl sites for hydroxylation is 2. The summed E-state index contributed by atoms with van der Waals surface area (Å²) in [5.74, 6) is -0.913. The summed E-state index contributed by atoms with van der Waals surface area (Å²) in [7, 11) is 3.35. The van der Waals surface area contributed by atoms with Crippen molar-refractivity contribution in [3.63, 3.8) is 0 Å². The lowest BCUT2D eigenvalue weighted by Crippen LogP contribution is -2.08. The number of carbonyl (C=O) groups is 2. The van der Waals surface area contributed by atoms with Gasteiger partial charge in [-0.25, -0.2) is 9.59 Å². The minimum Gasteiger partial charge on any atom is -0.462 e. The van der Waals surface area contributed by atoms with Crippen LogP contribution in [0.2, 0.25) is 0 Å². The van der Waals surface area contributed by atoms with Crippen molar-refractivity contribution in [2.75, 3.05) is 13.2 Å². The van der Waals surface area contributed by atoms with E-state index in [0.29, 0.717) is 35.7 Å². The van der Waals surface area contributed by atoms with Crippen molar-refractivity contribution in [3.8, 4) is 0 Å². The fraction of sp³-hybridized carbons (Fsp3) is 0.500. The number of ether oxygens (including phenoxy) is 2. The zero-order valence-corrected chi connectivity index (χ0v) is 18.7. The Bertz CT molecular complexity index is 789. The molecule has 2 rings (SSSR count). The van der Waals surface area contributed by atoms with E-state index in [0.717, 1.165) is 0 Å². The predicted molar refractivity (Wildman–Crippen MR) is 107 cm³/mol. The quantitative estimate of drug-likeness (QED) is 0.462. The number of aromatic nitrogens is 4. The summed E-state index contributed by atoms with van der Waals surface area (Å²) >= 11 is 22.7. The molecule has 0 aliphatic heterocycles. The SMILES string of the molecule is CCOC(=O)c1cn(C)nc1C(Cl)Cl.CCOC(=O)c1cnn(C)c1C(Cl)Cl. The second kappa shape index (κ2) is 11.5. The lowest BCUT2D eigenvalue weighted by Gasteiger charge is -2.05. The van der Waals surface area contributed by atoms with Crippen molar-refractivity contribution in [1.29, 1.82) is 0 Å². The highest BCUT2D eigenvalue weighted by Gasteiger charge is 2.22. The molecular formula is C16H20Cl4N4O4. The maximum absolute atomic E-state index is 11.4. The topological polar surface area (TPSA) is 88.2 Å². The third kappa shape index (κ3) is 6.55. The highest BCUT2D eigenvalue weighted by Crippen LogP contribution is 2.28. The van der Waals surface area contributed by atoms with Crippen LogP contribution in [0.3, 0.4) is 0 Å². The average molecular weight is 474 g/mol. The van der Waals surface area contributed by atoms with Gasteiger partial charge in [0.05, 0.1) is 25.1 Å². The van der Waals surface area contributed by atoms with Crippen molar-refractivity contribution in [2.45, 2.75) is 23.5 Å². The third-order valence-corrected chi connectivity index (χ3v) is 4.07. The van der Waals surface area contributed by atoms with Crippen molar-refractivity contribution < 1.29 is 19.1 Å². The van der Waals surface area contributed by atoms with Crippen LogP contribution >= 0.6 is 46.4 Å². The number of carbonyl (C=O) groups excluding carboxylic acids is 2. The standard InChI is InChI=1S/2C8H10Cl2N2O2/c1-3-14-8(13)5-4-12(2)11-6(5)7(9)10;1-3-14-8(13)5-4-11-12(2)6(5)7(9)10/h2*4,7H,3H2,1-2H3. The molecule has 0 spiro atoms. The molecule has 0 unspecified atom stereocenters. The number of nitrogens with zero attached hydrogens (tertiary/aromatic N) is 4. The zero-order chi connectivity index (χ0) is 21.4. The lowest BCUT2D eigenvalue weighted by atomic mass is 10.2. The second-order valence-electron chi connectivity index (χ2n) is 5.21. The van der Waals surface area contributed by atoms with Gasteiger partial charge in [0.25, 0.3) is 0 Å². The molecule has 2 aromatic rings. The van der Waals surface area contributed by atoms with Crippen LogP contribution in [0.1, 0.15) is 55.6 Å². The third-order valence-electron chi connectivity index (χ3n) is 3.25. The molecule has 0 fully saturated rings. The van der Waals surface area contributed by atoms with E-state index in [2.05, 4.69) is 10.2 Å². The summed E-state index contributed by atoms with van der Waals surface area (Å²) in [6.07, 6.45) is 2.93. The predicted octanol–water partition coefficient (Wildman–Crippen LogP) is 4.15. The number of hydrogen-bond donors (Lipinski definition) is 0. The molecule has 0 aliphatic rings. The van der Waals surface area contributed by atoms with E-state index in [4.69, 9.17) is 55.9 Å². The first-order valence-corrected chi connectivity index (χ1v) is 9.84. The average Bonchev–Trinajstić information content (AvgIpc) is 3.19. The molecule has 0 amide bonds. The van der Waals surface area contributed by atoms with E-state index < -0.39 is 21.6 Å². The van der Waals surface area contributed by atoms with Gasteiger partial charge in [0, 0.05) is 20.3 Å². The van der Waals surface area contributed by atoms with E-state index in [9.17, 15) is 9.59 Å². The fourth-order valence-corrected chi connectivity index (χ4v) is 2.94. The minimum atomic E-state index is -0.824. The van der Waals surface area contributed by atoms with E-state index >= 15 is 0 Å². The van der Waals surface area contributed by atoms with Crippen LogP contribution in [0.4, 0.5) is 0 Å². The minimum absolute atomic E-state index is 0.308. The maximum atomic E-state index is 11.4. The van der Waals surface area contributed by atoms with Crippen LogP contribution in [0, 0.1) is 0 Å². The van der Waals surface area contributed by atoms with Gasteiger partial charge in [0.1, 0.15) is 21.7 Å². The van der Waals surface area contributed by atoms with Crippen LogP contribution in [-0.2, 0) is 23.6 Å². The summed E-state index contributed by atoms with van der Waals surface area (Å²) in [5.41, 5.74) is 1.40. The first-order valence-electron chi connectivity index (χ1n) is 8.09. The van der Waals surface area contributed by atoms with Gasteiger partial charge in [-0.1, -0.05) is 46.4 Å². The molecule has 28 heavy (non-hydrogen) atoms. The first kappa shape index (κ1) is 24.6. The van der Waals surface area contributed by atoms with Gasteiger partial charge < -0.3 is 9.47 Å². The normalized spacial score (nSPS) is 10.6. The van der Waals surface area contributed by atoms with Gasteiger partial charge in [-0.3, -0.25) is 9.36 Å². The van der Waals surface area contributed by atoms with E-state index in [1.54, 1.807) is 27.9 Å². The van der Waals surface area contributed by atoms with Gasteiger partial charge in [0.15, 0.2) is 4.84 Å². The molecule has 0 aromatic carbocycles. The molecule has 0 atom stereocenters. The summed E-state index contributed by atoms with van der Waals surface area (Å²) in [6, 6.07) is 0. The molecule has 0 saturated carbocycles. The van der Waals surface area contributed by atoms with Gasteiger partial charge in [-0.05, 0) is 13.8 Å². The number of halogens is 4. The molecule has 0 radical (unpaired) electrons. The molecule has 156 valence electrons. The Kier molecular flexibility index (Phi) is 10.1. The summed E-state index contributed by atoms with van der Waals surface area (Å²) in [4.78, 5) is 21.2. The Balaban J connectivity index is 0.000000280. The molecule has 0 saturated heterocycles. The zero-order valence-electron chi connectivity index (χ0n) is 15.7. The smallest absolute Gasteiger partial charge is 0.341 e. The molecule has 0 bridgehead atoms. The Morgan fingerprint density at radius 3 is 2.00 bits per heavy atom. The Morgan fingerprint density at radius 2 is 1.54 bits per heavy atom. The van der Waals surface area contributed by atoms with Crippen molar-refractivity contribution in [1.82, 2.24) is 19.6 Å². The van der Waals surface area contributed by atoms with Crippen LogP contribution in [0.25, 0.3) is 0 Å². The van der Waals surface area contributed by atoms with E-state index in [1.165, 1.54) is 21.8 Å². The van der Waals surface area contributed by atoms with Gasteiger partial charge >= 0.3 is 11.9 Å². The fourth-order valence-electron chi connectivity index (χ4n) is 2.10. The monoisotopic (exact) mass is 472 g/mol. The summed E-state index contributed by atoms with van der Waals surface area (Å²) in [6.45, 7) is 4.07. The Morgan fingerprint density at radius 1 is 1.00 bits per heavy atom. The van der Waals surface area contributed by atoms with Crippen LogP contribution in [-0.4, -0.2) is 44.7 Å². The molecule has 12 heteroatoms. The maximum Gasteiger partial charge on any atom is 0.341 e. The van der Waals surface area contributed by atoms with Gasteiger partial charge in [-0.2, -0.15) is 10.2 Å². The number of alkyl halides is 4. The second-order valence-corrected chi connectivity index (χ2v) is 7.40. The Labute approximate surface area is 182 Å². The van der Waals surface area contributed by atoms with Crippen molar-refractivity contribution >= 4 is 58.3 Å². The number of rotatable bonds is 6. The number of esters is 2.